The molecule has 4 aromatic rings. The van der Waals surface area contributed by atoms with Crippen LogP contribution in [0.5, 0.6) is 11.5 Å². The van der Waals surface area contributed by atoms with Crippen molar-refractivity contribution in [3.63, 3.8) is 0 Å². The maximum Gasteiger partial charge on any atom is 0.261 e. The molecule has 0 spiro atoms. The lowest BCUT2D eigenvalue weighted by atomic mass is 10.1. The minimum absolute atomic E-state index is 0.300. The zero-order valence-corrected chi connectivity index (χ0v) is 16.0. The molecule has 0 atom stereocenters. The van der Waals surface area contributed by atoms with Crippen molar-refractivity contribution in [3.8, 4) is 11.5 Å². The summed E-state index contributed by atoms with van der Waals surface area (Å²) in [5, 5.41) is 4.38. The first-order valence-corrected chi connectivity index (χ1v) is 9.43. The van der Waals surface area contributed by atoms with Gasteiger partial charge in [-0.05, 0) is 31.2 Å². The van der Waals surface area contributed by atoms with Gasteiger partial charge in [0.25, 0.3) is 5.91 Å². The Bertz CT molecular complexity index is 1130. The second-order valence-electron chi connectivity index (χ2n) is 5.51. The Morgan fingerprint density at radius 2 is 1.92 bits per heavy atom. The number of hydrogen-bond acceptors (Lipinski definition) is 7. The molecule has 0 aliphatic heterocycles. The fourth-order valence-electron chi connectivity index (χ4n) is 2.77. The third-order valence-corrected chi connectivity index (χ3v) is 5.82. The average molecular weight is 385 g/mol. The van der Waals surface area contributed by atoms with Gasteiger partial charge in [0.2, 0.25) is 0 Å². The van der Waals surface area contributed by atoms with E-state index in [4.69, 9.17) is 9.47 Å². The number of benzene rings is 2. The number of carbonyl (C=O) groups is 1. The summed E-state index contributed by atoms with van der Waals surface area (Å²) in [4.78, 5) is 21.8. The van der Waals surface area contributed by atoms with E-state index in [2.05, 4.69) is 15.3 Å². The van der Waals surface area contributed by atoms with Gasteiger partial charge in [-0.3, -0.25) is 10.1 Å². The van der Waals surface area contributed by atoms with Crippen LogP contribution >= 0.6 is 22.7 Å². The number of hydrogen-bond donors (Lipinski definition) is 1. The topological polar surface area (TPSA) is 73.3 Å². The number of aryl methyl sites for hydroxylation is 1. The van der Waals surface area contributed by atoms with E-state index in [0.29, 0.717) is 22.2 Å². The summed E-state index contributed by atoms with van der Waals surface area (Å²) >= 11 is 3.06. The van der Waals surface area contributed by atoms with E-state index in [1.807, 2.05) is 19.1 Å². The molecule has 0 unspecified atom stereocenters. The minimum atomic E-state index is -0.300. The van der Waals surface area contributed by atoms with Crippen molar-refractivity contribution in [2.45, 2.75) is 6.92 Å². The van der Waals surface area contributed by atoms with Gasteiger partial charge in [-0.1, -0.05) is 17.4 Å². The maximum absolute atomic E-state index is 12.7. The molecule has 0 radical (unpaired) electrons. The van der Waals surface area contributed by atoms with E-state index >= 15 is 0 Å². The third-order valence-electron chi connectivity index (χ3n) is 3.89. The molecule has 2 aromatic carbocycles. The van der Waals surface area contributed by atoms with Crippen LogP contribution in [0.25, 0.3) is 20.4 Å². The summed E-state index contributed by atoms with van der Waals surface area (Å²) in [5.74, 6) is 0.598. The highest BCUT2D eigenvalue weighted by Crippen LogP contribution is 2.36. The summed E-state index contributed by atoms with van der Waals surface area (Å²) in [6.45, 7) is 1.98. The van der Waals surface area contributed by atoms with E-state index in [1.54, 1.807) is 29.5 Å². The number of para-hydroxylation sites is 1. The quantitative estimate of drug-likeness (QED) is 0.560. The number of anilines is 1. The first-order chi connectivity index (χ1) is 12.6. The van der Waals surface area contributed by atoms with Crippen LogP contribution in [0.1, 0.15) is 15.4 Å². The van der Waals surface area contributed by atoms with Gasteiger partial charge in [-0.2, -0.15) is 0 Å². The molecule has 1 amide bonds. The van der Waals surface area contributed by atoms with E-state index in [0.717, 1.165) is 25.4 Å². The number of carbonyl (C=O) groups excluding carboxylic acids is 1. The van der Waals surface area contributed by atoms with Crippen LogP contribution in [0.2, 0.25) is 0 Å². The van der Waals surface area contributed by atoms with E-state index in [1.165, 1.54) is 25.6 Å². The van der Waals surface area contributed by atoms with E-state index < -0.39 is 0 Å². The molecule has 2 aromatic heterocycles. The number of nitrogens with zero attached hydrogens (tertiary/aromatic N) is 2. The number of thiazole rings is 2. The molecule has 0 fully saturated rings. The van der Waals surface area contributed by atoms with Crippen LogP contribution in [0, 0.1) is 6.92 Å². The number of fused-ring (bicyclic) bond motifs is 3. The SMILES string of the molecule is COc1cccc(C(=O)Nc2nc3ccc4sc(C)nc4c3s2)c1OC. The Hall–Kier alpha value is -2.71. The summed E-state index contributed by atoms with van der Waals surface area (Å²) in [6.07, 6.45) is 0. The summed E-state index contributed by atoms with van der Waals surface area (Å²) < 4.78 is 12.7. The molecule has 0 bridgehead atoms. The highest BCUT2D eigenvalue weighted by molar-refractivity contribution is 7.24. The summed E-state index contributed by atoms with van der Waals surface area (Å²) in [7, 11) is 3.04. The normalized spacial score (nSPS) is 11.0. The van der Waals surface area contributed by atoms with Gasteiger partial charge in [0.15, 0.2) is 16.6 Å². The number of aromatic nitrogens is 2. The number of ether oxygens (including phenoxy) is 2. The lowest BCUT2D eigenvalue weighted by molar-refractivity contribution is 0.102. The molecule has 0 saturated carbocycles. The fraction of sp³-hybridized carbons (Fsp3) is 0.167. The zero-order valence-electron chi connectivity index (χ0n) is 14.3. The molecule has 132 valence electrons. The van der Waals surface area contributed by atoms with Crippen LogP contribution in [0.4, 0.5) is 5.13 Å². The predicted molar refractivity (Wildman–Crippen MR) is 105 cm³/mol. The lowest BCUT2D eigenvalue weighted by Gasteiger charge is -2.11. The lowest BCUT2D eigenvalue weighted by Crippen LogP contribution is -2.13. The molecular formula is C18H15N3O3S2. The van der Waals surface area contributed by atoms with Crippen LogP contribution < -0.4 is 14.8 Å². The monoisotopic (exact) mass is 385 g/mol. The Morgan fingerprint density at radius 1 is 1.08 bits per heavy atom. The van der Waals surface area contributed by atoms with Gasteiger partial charge >= 0.3 is 0 Å². The minimum Gasteiger partial charge on any atom is -0.493 e. The Balaban J connectivity index is 1.71. The average Bonchev–Trinajstić information content (AvgIpc) is 3.22. The second kappa shape index (κ2) is 6.54. The molecule has 6 nitrogen and oxygen atoms in total. The summed E-state index contributed by atoms with van der Waals surface area (Å²) in [6, 6.07) is 9.14. The first-order valence-electron chi connectivity index (χ1n) is 7.79. The fourth-order valence-corrected chi connectivity index (χ4v) is 4.62. The van der Waals surface area contributed by atoms with Gasteiger partial charge in [0, 0.05) is 0 Å². The molecule has 8 heteroatoms. The number of amides is 1. The highest BCUT2D eigenvalue weighted by atomic mass is 32.1. The van der Waals surface area contributed by atoms with Crippen molar-refractivity contribution in [2.75, 3.05) is 19.5 Å². The van der Waals surface area contributed by atoms with Crippen LogP contribution in [0.15, 0.2) is 30.3 Å². The van der Waals surface area contributed by atoms with Crippen LogP contribution in [-0.2, 0) is 0 Å². The van der Waals surface area contributed by atoms with Gasteiger partial charge in [-0.25, -0.2) is 9.97 Å². The van der Waals surface area contributed by atoms with Crippen molar-refractivity contribution < 1.29 is 14.3 Å². The van der Waals surface area contributed by atoms with Gasteiger partial charge in [0.1, 0.15) is 5.52 Å². The smallest absolute Gasteiger partial charge is 0.261 e. The third kappa shape index (κ3) is 2.77. The second-order valence-corrected chi connectivity index (χ2v) is 7.74. The van der Waals surface area contributed by atoms with Crippen molar-refractivity contribution in [3.05, 3.63) is 40.9 Å². The predicted octanol–water partition coefficient (Wildman–Crippen LogP) is 4.48. The summed E-state index contributed by atoms with van der Waals surface area (Å²) in [5.41, 5.74) is 2.14. The number of rotatable bonds is 4. The molecular weight excluding hydrogens is 370 g/mol. The molecule has 1 N–H and O–H groups in total. The van der Waals surface area contributed by atoms with Crippen molar-refractivity contribution in [1.29, 1.82) is 0 Å². The Morgan fingerprint density at radius 3 is 2.69 bits per heavy atom. The van der Waals surface area contributed by atoms with E-state index in [-0.39, 0.29) is 5.91 Å². The first kappa shape index (κ1) is 16.7. The Kier molecular flexibility index (Phi) is 4.21. The number of methoxy groups -OCH3 is 2. The Labute approximate surface area is 157 Å². The van der Waals surface area contributed by atoms with Crippen LogP contribution in [0.3, 0.4) is 0 Å². The number of nitrogens with one attached hydrogen (secondary N) is 1. The maximum atomic E-state index is 12.7. The molecule has 0 aliphatic carbocycles. The highest BCUT2D eigenvalue weighted by Gasteiger charge is 2.18. The van der Waals surface area contributed by atoms with Crippen LogP contribution in [-0.4, -0.2) is 30.1 Å². The van der Waals surface area contributed by atoms with Gasteiger partial charge in [-0.15, -0.1) is 11.3 Å². The van der Waals surface area contributed by atoms with Crippen molar-refractivity contribution >= 4 is 54.1 Å². The van der Waals surface area contributed by atoms with Gasteiger partial charge < -0.3 is 9.47 Å². The largest absolute Gasteiger partial charge is 0.493 e. The molecule has 4 rings (SSSR count). The molecule has 2 heterocycles. The molecule has 26 heavy (non-hydrogen) atoms. The zero-order chi connectivity index (χ0) is 18.3. The van der Waals surface area contributed by atoms with Crippen molar-refractivity contribution in [1.82, 2.24) is 9.97 Å². The van der Waals surface area contributed by atoms with E-state index in [9.17, 15) is 4.79 Å². The van der Waals surface area contributed by atoms with Gasteiger partial charge in [0.05, 0.1) is 39.7 Å². The van der Waals surface area contributed by atoms with Crippen molar-refractivity contribution in [2.24, 2.45) is 0 Å². The molecule has 0 aliphatic rings. The molecule has 0 saturated heterocycles. The standard InChI is InChI=1S/C18H15N3O3S2/c1-9-19-14-13(25-9)8-7-11-16(14)26-18(20-11)21-17(22)10-5-4-6-12(23-2)15(10)24-3/h4-8H,1-3H3,(H,20,21,22).